The Balaban J connectivity index is 2.93. The molecule has 150 valence electrons. The number of hydrogen-bond donors (Lipinski definition) is 0. The molecule has 0 bridgehead atoms. The molecule has 1 unspecified atom stereocenters. The summed E-state index contributed by atoms with van der Waals surface area (Å²) in [7, 11) is 0. The van der Waals surface area contributed by atoms with Crippen LogP contribution in [0.2, 0.25) is 0 Å². The molecule has 1 atom stereocenters. The van der Waals surface area contributed by atoms with Crippen molar-refractivity contribution in [2.75, 3.05) is 0 Å². The maximum absolute atomic E-state index is 6.06. The molecule has 0 heterocycles. The van der Waals surface area contributed by atoms with E-state index in [1.54, 1.807) is 0 Å². The number of hydrogen-bond acceptors (Lipinski definition) is 4. The van der Waals surface area contributed by atoms with Crippen molar-refractivity contribution in [1.82, 2.24) is 0 Å². The predicted molar refractivity (Wildman–Crippen MR) is 102 cm³/mol. The van der Waals surface area contributed by atoms with Crippen LogP contribution in [0.4, 0.5) is 0 Å². The number of rotatable bonds is 10. The Kier molecular flexibility index (Phi) is 7.95. The minimum Gasteiger partial charge on any atom is -0.228 e. The first kappa shape index (κ1) is 22.9. The van der Waals surface area contributed by atoms with E-state index in [1.807, 2.05) is 0 Å². The Morgan fingerprint density at radius 1 is 0.880 bits per heavy atom. The summed E-state index contributed by atoms with van der Waals surface area (Å²) >= 11 is 0. The Morgan fingerprint density at radius 2 is 1.32 bits per heavy atom. The van der Waals surface area contributed by atoms with Crippen molar-refractivity contribution in [3.05, 3.63) is 0 Å². The van der Waals surface area contributed by atoms with E-state index in [2.05, 4.69) is 62.3 Å². The van der Waals surface area contributed by atoms with Crippen LogP contribution in [0.25, 0.3) is 0 Å². The molecular weight excluding hydrogens is 316 g/mol. The highest BCUT2D eigenvalue weighted by atomic mass is 17.3. The monoisotopic (exact) mass is 358 g/mol. The fraction of sp³-hybridized carbons (Fsp3) is 1.00. The minimum absolute atomic E-state index is 0.128. The molecule has 0 spiro atoms. The van der Waals surface area contributed by atoms with Gasteiger partial charge in [0.15, 0.2) is 0 Å². The first-order valence-electron chi connectivity index (χ1n) is 10.1. The van der Waals surface area contributed by atoms with Gasteiger partial charge in [0.1, 0.15) is 0 Å². The lowest BCUT2D eigenvalue weighted by Gasteiger charge is -2.47. The molecule has 1 saturated carbocycles. The van der Waals surface area contributed by atoms with E-state index in [9.17, 15) is 0 Å². The molecule has 25 heavy (non-hydrogen) atoms. The largest absolute Gasteiger partial charge is 0.237 e. The fourth-order valence-corrected chi connectivity index (χ4v) is 3.65. The molecule has 1 aliphatic carbocycles. The Labute approximate surface area is 155 Å². The van der Waals surface area contributed by atoms with Crippen molar-refractivity contribution in [2.24, 2.45) is 11.3 Å². The van der Waals surface area contributed by atoms with E-state index >= 15 is 0 Å². The summed E-state index contributed by atoms with van der Waals surface area (Å²) in [5.74, 6) is -0.659. The van der Waals surface area contributed by atoms with Gasteiger partial charge in [-0.1, -0.05) is 47.5 Å². The third-order valence-corrected chi connectivity index (χ3v) is 5.25. The first-order chi connectivity index (χ1) is 11.4. The van der Waals surface area contributed by atoms with Crippen molar-refractivity contribution in [3.8, 4) is 0 Å². The van der Waals surface area contributed by atoms with Gasteiger partial charge in [0.25, 0.3) is 0 Å². The fourth-order valence-electron chi connectivity index (χ4n) is 3.65. The van der Waals surface area contributed by atoms with E-state index in [0.29, 0.717) is 0 Å². The molecule has 0 aromatic heterocycles. The third-order valence-electron chi connectivity index (χ3n) is 5.25. The molecule has 0 amide bonds. The zero-order valence-corrected chi connectivity index (χ0v) is 18.2. The molecule has 1 rings (SSSR count). The third kappa shape index (κ3) is 7.16. The molecule has 1 fully saturated rings. The Morgan fingerprint density at radius 3 is 1.72 bits per heavy atom. The quantitative estimate of drug-likeness (QED) is 0.251. The predicted octanol–water partition coefficient (Wildman–Crippen LogP) is 6.58. The van der Waals surface area contributed by atoms with Crippen LogP contribution in [-0.4, -0.2) is 17.0 Å². The zero-order chi connectivity index (χ0) is 19.4. The maximum atomic E-state index is 6.06. The summed E-state index contributed by atoms with van der Waals surface area (Å²) in [6, 6.07) is 0. The van der Waals surface area contributed by atoms with E-state index in [0.717, 1.165) is 44.9 Å². The summed E-state index contributed by atoms with van der Waals surface area (Å²) in [6.07, 6.45) is 6.90. The molecule has 0 aliphatic heterocycles. The van der Waals surface area contributed by atoms with Gasteiger partial charge in [-0.3, -0.25) is 0 Å². The van der Waals surface area contributed by atoms with Gasteiger partial charge >= 0.3 is 0 Å². The highest BCUT2D eigenvalue weighted by molar-refractivity contribution is 4.89. The van der Waals surface area contributed by atoms with Crippen LogP contribution in [0, 0.1) is 11.3 Å². The van der Waals surface area contributed by atoms with Crippen molar-refractivity contribution >= 4 is 0 Å². The lowest BCUT2D eigenvalue weighted by molar-refractivity contribution is -0.561. The van der Waals surface area contributed by atoms with E-state index in [1.165, 1.54) is 0 Å². The van der Waals surface area contributed by atoms with Crippen LogP contribution in [0.1, 0.15) is 107 Å². The first-order valence-corrected chi connectivity index (χ1v) is 10.1. The average molecular weight is 359 g/mol. The normalized spacial score (nSPS) is 23.6. The van der Waals surface area contributed by atoms with E-state index < -0.39 is 5.79 Å². The molecule has 1 aliphatic rings. The van der Waals surface area contributed by atoms with Crippen LogP contribution in [0.15, 0.2) is 0 Å². The van der Waals surface area contributed by atoms with Gasteiger partial charge in [0, 0.05) is 12.3 Å². The van der Waals surface area contributed by atoms with Crippen molar-refractivity contribution in [3.63, 3.8) is 0 Å². The molecule has 0 aromatic carbocycles. The average Bonchev–Trinajstić information content (AvgIpc) is 2.47. The molecule has 0 radical (unpaired) electrons. The van der Waals surface area contributed by atoms with Gasteiger partial charge in [0.05, 0.1) is 11.2 Å². The lowest BCUT2D eigenvalue weighted by atomic mass is 9.70. The zero-order valence-electron chi connectivity index (χ0n) is 18.2. The Bertz CT molecular complexity index is 379. The van der Waals surface area contributed by atoms with Crippen LogP contribution in [0.3, 0.4) is 0 Å². The summed E-state index contributed by atoms with van der Waals surface area (Å²) in [6.45, 7) is 19.2. The van der Waals surface area contributed by atoms with Gasteiger partial charge in [-0.05, 0) is 58.8 Å². The second-order valence-corrected chi connectivity index (χ2v) is 9.95. The topological polar surface area (TPSA) is 36.9 Å². The molecule has 4 nitrogen and oxygen atoms in total. The second-order valence-electron chi connectivity index (χ2n) is 9.95. The molecule has 4 heteroatoms. The lowest BCUT2D eigenvalue weighted by Crippen LogP contribution is -2.52. The molecular formula is C21H42O4. The van der Waals surface area contributed by atoms with Gasteiger partial charge in [-0.25, -0.2) is 9.78 Å². The maximum Gasteiger partial charge on any atom is 0.237 e. The van der Waals surface area contributed by atoms with E-state index in [-0.39, 0.29) is 22.5 Å². The van der Waals surface area contributed by atoms with Gasteiger partial charge in [-0.15, -0.1) is 0 Å². The highest BCUT2D eigenvalue weighted by Crippen LogP contribution is 2.48. The van der Waals surface area contributed by atoms with Crippen LogP contribution in [-0.2, 0) is 19.6 Å². The second kappa shape index (κ2) is 8.69. The SMILES string of the molecule is CCCC(C)(C)OOC1(OOC(C)(C)CCC)CC(C)(C)CCC1C. The summed E-state index contributed by atoms with van der Waals surface area (Å²) < 4.78 is 0. The minimum atomic E-state index is -0.863. The molecule has 0 aromatic rings. The summed E-state index contributed by atoms with van der Waals surface area (Å²) in [5, 5.41) is 0. The van der Waals surface area contributed by atoms with Gasteiger partial charge in [-0.2, -0.15) is 9.78 Å². The van der Waals surface area contributed by atoms with Gasteiger partial charge < -0.3 is 0 Å². The van der Waals surface area contributed by atoms with Crippen molar-refractivity contribution in [1.29, 1.82) is 0 Å². The highest BCUT2D eigenvalue weighted by Gasteiger charge is 2.51. The summed E-state index contributed by atoms with van der Waals surface area (Å²) in [5.41, 5.74) is -0.556. The van der Waals surface area contributed by atoms with Crippen molar-refractivity contribution in [2.45, 2.75) is 124 Å². The van der Waals surface area contributed by atoms with Gasteiger partial charge in [0.2, 0.25) is 5.79 Å². The molecule has 0 saturated heterocycles. The standard InChI is InChI=1S/C21H42O4/c1-10-13-19(6,7)22-24-21(25-23-20(8,9)14-11-2)16-18(4,5)15-12-17(21)3/h17H,10-16H2,1-9H3. The van der Waals surface area contributed by atoms with E-state index in [4.69, 9.17) is 19.6 Å². The molecule has 0 N–H and O–H groups in total. The Hall–Kier alpha value is -0.160. The van der Waals surface area contributed by atoms with Crippen LogP contribution in [0.5, 0.6) is 0 Å². The van der Waals surface area contributed by atoms with Crippen LogP contribution >= 0.6 is 0 Å². The smallest absolute Gasteiger partial charge is 0.228 e. The van der Waals surface area contributed by atoms with Crippen LogP contribution < -0.4 is 0 Å². The summed E-state index contributed by atoms with van der Waals surface area (Å²) in [4.78, 5) is 23.9. The van der Waals surface area contributed by atoms with Crippen molar-refractivity contribution < 1.29 is 19.6 Å².